The third-order valence-corrected chi connectivity index (χ3v) is 2.56. The molecule has 0 aromatic rings. The van der Waals surface area contributed by atoms with Crippen LogP contribution in [0, 0.1) is 5.92 Å². The lowest BCUT2D eigenvalue weighted by atomic mass is 10.0. The lowest BCUT2D eigenvalue weighted by molar-refractivity contribution is -0.120. The van der Waals surface area contributed by atoms with E-state index in [1.54, 1.807) is 0 Å². The summed E-state index contributed by atoms with van der Waals surface area (Å²) < 4.78 is 0. The van der Waals surface area contributed by atoms with Gasteiger partial charge in [0, 0.05) is 17.2 Å². The molecule has 68 valence electrons. The van der Waals surface area contributed by atoms with Gasteiger partial charge in [0.1, 0.15) is 5.78 Å². The van der Waals surface area contributed by atoms with E-state index in [2.05, 4.69) is 35.0 Å². The van der Waals surface area contributed by atoms with Gasteiger partial charge in [0.05, 0.1) is 0 Å². The number of hydrogen-bond donors (Lipinski definition) is 0. The molecule has 2 heteroatoms. The topological polar surface area (TPSA) is 17.1 Å². The lowest BCUT2D eigenvalue weighted by Gasteiger charge is -2.02. The van der Waals surface area contributed by atoms with Gasteiger partial charge in [-0.05, 0) is 26.2 Å². The number of carbonyl (C=O) groups excluding carboxylic acids is 1. The number of allylic oxidation sites excluding steroid dienone is 2. The average Bonchev–Trinajstić information content (AvgIpc) is 2.36. The van der Waals surface area contributed by atoms with Crippen molar-refractivity contribution >= 4 is 21.7 Å². The highest BCUT2D eigenvalue weighted by Gasteiger charge is 2.22. The zero-order valence-corrected chi connectivity index (χ0v) is 9.01. The van der Waals surface area contributed by atoms with Crippen molar-refractivity contribution in [2.45, 2.75) is 37.4 Å². The molecule has 0 spiro atoms. The Morgan fingerprint density at radius 3 is 3.00 bits per heavy atom. The molecule has 0 aliphatic heterocycles. The number of Topliss-reactive ketones (excluding diaryl/α,β-unsaturated/α-hetero) is 1. The van der Waals surface area contributed by atoms with E-state index in [1.165, 1.54) is 0 Å². The van der Waals surface area contributed by atoms with Crippen LogP contribution in [-0.4, -0.2) is 10.6 Å². The molecule has 12 heavy (non-hydrogen) atoms. The Kier molecular flexibility index (Phi) is 3.99. The van der Waals surface area contributed by atoms with Crippen molar-refractivity contribution in [2.75, 3.05) is 0 Å². The van der Waals surface area contributed by atoms with Gasteiger partial charge >= 0.3 is 0 Å². The molecule has 1 rings (SSSR count). The van der Waals surface area contributed by atoms with Gasteiger partial charge in [-0.2, -0.15) is 0 Å². The van der Waals surface area contributed by atoms with E-state index < -0.39 is 0 Å². The first kappa shape index (κ1) is 9.97. The first-order valence-electron chi connectivity index (χ1n) is 4.53. The van der Waals surface area contributed by atoms with Crippen LogP contribution in [0.15, 0.2) is 12.2 Å². The third-order valence-electron chi connectivity index (χ3n) is 2.25. The molecule has 1 saturated carbocycles. The second-order valence-corrected chi connectivity index (χ2v) is 4.84. The van der Waals surface area contributed by atoms with Crippen LogP contribution in [0.1, 0.15) is 32.6 Å². The molecule has 0 N–H and O–H groups in total. The van der Waals surface area contributed by atoms with Crippen LogP contribution in [0.5, 0.6) is 0 Å². The predicted molar refractivity (Wildman–Crippen MR) is 54.5 cm³/mol. The third kappa shape index (κ3) is 3.10. The van der Waals surface area contributed by atoms with Gasteiger partial charge in [-0.1, -0.05) is 28.1 Å². The van der Waals surface area contributed by atoms with Crippen LogP contribution in [0.2, 0.25) is 0 Å². The fourth-order valence-electron chi connectivity index (χ4n) is 1.57. The standard InChI is InChI=1S/C10H15BrO/c1-8(11)4-2-5-9-6-3-7-10(9)12/h2,4,8-9H,3,5-7H2,1H3. The lowest BCUT2D eigenvalue weighted by Crippen LogP contribution is -2.04. The molecule has 0 aromatic heterocycles. The van der Waals surface area contributed by atoms with Crippen molar-refractivity contribution in [1.82, 2.24) is 0 Å². The van der Waals surface area contributed by atoms with Gasteiger partial charge < -0.3 is 0 Å². The first-order valence-corrected chi connectivity index (χ1v) is 5.45. The van der Waals surface area contributed by atoms with Crippen LogP contribution in [0.3, 0.4) is 0 Å². The summed E-state index contributed by atoms with van der Waals surface area (Å²) in [6.07, 6.45) is 8.16. The van der Waals surface area contributed by atoms with E-state index in [0.717, 1.165) is 25.7 Å². The van der Waals surface area contributed by atoms with Crippen molar-refractivity contribution in [3.63, 3.8) is 0 Å². The highest BCUT2D eigenvalue weighted by Crippen LogP contribution is 2.24. The number of hydrogen-bond acceptors (Lipinski definition) is 1. The van der Waals surface area contributed by atoms with Crippen molar-refractivity contribution in [3.05, 3.63) is 12.2 Å². The summed E-state index contributed by atoms with van der Waals surface area (Å²) in [6, 6.07) is 0. The number of alkyl halides is 1. The molecule has 0 radical (unpaired) electrons. The van der Waals surface area contributed by atoms with Gasteiger partial charge in [-0.3, -0.25) is 4.79 Å². The molecule has 0 amide bonds. The molecule has 0 bridgehead atoms. The highest BCUT2D eigenvalue weighted by molar-refractivity contribution is 9.09. The smallest absolute Gasteiger partial charge is 0.136 e. The van der Waals surface area contributed by atoms with Crippen LogP contribution < -0.4 is 0 Å². The Balaban J connectivity index is 2.27. The van der Waals surface area contributed by atoms with Crippen LogP contribution in [0.4, 0.5) is 0 Å². The van der Waals surface area contributed by atoms with Crippen molar-refractivity contribution < 1.29 is 4.79 Å². The molecular weight excluding hydrogens is 216 g/mol. The van der Waals surface area contributed by atoms with E-state index in [0.29, 0.717) is 16.5 Å². The zero-order valence-electron chi connectivity index (χ0n) is 7.42. The Hall–Kier alpha value is -0.110. The molecular formula is C10H15BrO. The van der Waals surface area contributed by atoms with E-state index in [1.807, 2.05) is 0 Å². The van der Waals surface area contributed by atoms with Gasteiger partial charge in [0.2, 0.25) is 0 Å². The van der Waals surface area contributed by atoms with Gasteiger partial charge in [0.15, 0.2) is 0 Å². The van der Waals surface area contributed by atoms with Crippen molar-refractivity contribution in [1.29, 1.82) is 0 Å². The normalized spacial score (nSPS) is 26.8. The van der Waals surface area contributed by atoms with Crippen LogP contribution in [-0.2, 0) is 4.79 Å². The van der Waals surface area contributed by atoms with Gasteiger partial charge in [0.25, 0.3) is 0 Å². The summed E-state index contributed by atoms with van der Waals surface area (Å²) >= 11 is 3.43. The molecule has 1 aliphatic carbocycles. The molecule has 0 aromatic carbocycles. The van der Waals surface area contributed by atoms with E-state index >= 15 is 0 Å². The SMILES string of the molecule is CC(Br)C=CCC1CCCC1=O. The number of ketones is 1. The van der Waals surface area contributed by atoms with E-state index in [9.17, 15) is 4.79 Å². The Morgan fingerprint density at radius 1 is 1.75 bits per heavy atom. The monoisotopic (exact) mass is 230 g/mol. The molecule has 1 fully saturated rings. The predicted octanol–water partition coefficient (Wildman–Crippen LogP) is 3.09. The maximum atomic E-state index is 11.2. The van der Waals surface area contributed by atoms with Crippen molar-refractivity contribution in [2.24, 2.45) is 5.92 Å². The summed E-state index contributed by atoms with van der Waals surface area (Å²) in [4.78, 5) is 11.6. The minimum Gasteiger partial charge on any atom is -0.299 e. The second-order valence-electron chi connectivity index (χ2n) is 3.40. The molecule has 0 heterocycles. The highest BCUT2D eigenvalue weighted by atomic mass is 79.9. The summed E-state index contributed by atoms with van der Waals surface area (Å²) in [6.45, 7) is 2.08. The summed E-state index contributed by atoms with van der Waals surface area (Å²) in [7, 11) is 0. The summed E-state index contributed by atoms with van der Waals surface area (Å²) in [5, 5.41) is 0. The second kappa shape index (κ2) is 4.80. The average molecular weight is 231 g/mol. The maximum Gasteiger partial charge on any atom is 0.136 e. The van der Waals surface area contributed by atoms with Crippen LogP contribution >= 0.6 is 15.9 Å². The fraction of sp³-hybridized carbons (Fsp3) is 0.700. The minimum absolute atomic E-state index is 0.326. The number of carbonyl (C=O) groups is 1. The van der Waals surface area contributed by atoms with E-state index in [-0.39, 0.29) is 0 Å². The summed E-state index contributed by atoms with van der Waals surface area (Å²) in [5.74, 6) is 0.786. The Morgan fingerprint density at radius 2 is 2.50 bits per heavy atom. The van der Waals surface area contributed by atoms with Gasteiger partial charge in [-0.25, -0.2) is 0 Å². The Bertz CT molecular complexity index is 184. The molecule has 1 aliphatic rings. The largest absolute Gasteiger partial charge is 0.299 e. The number of halogens is 1. The quantitative estimate of drug-likeness (QED) is 0.538. The number of rotatable bonds is 3. The van der Waals surface area contributed by atoms with E-state index in [4.69, 9.17) is 0 Å². The maximum absolute atomic E-state index is 11.2. The zero-order chi connectivity index (χ0) is 8.97. The molecule has 2 unspecified atom stereocenters. The minimum atomic E-state index is 0.326. The fourth-order valence-corrected chi connectivity index (χ4v) is 1.78. The molecule has 1 nitrogen and oxygen atoms in total. The molecule has 2 atom stereocenters. The van der Waals surface area contributed by atoms with Crippen molar-refractivity contribution in [3.8, 4) is 0 Å². The molecule has 0 saturated heterocycles. The summed E-state index contributed by atoms with van der Waals surface area (Å²) in [5.41, 5.74) is 0. The van der Waals surface area contributed by atoms with Crippen LogP contribution in [0.25, 0.3) is 0 Å². The van der Waals surface area contributed by atoms with Gasteiger partial charge in [-0.15, -0.1) is 0 Å². The Labute approximate surface area is 82.4 Å². The first-order chi connectivity index (χ1) is 5.70.